The first-order valence-electron chi connectivity index (χ1n) is 5.27. The van der Waals surface area contributed by atoms with Crippen LogP contribution in [0.2, 0.25) is 0 Å². The molecular formula is C11H14BrClN2. The van der Waals surface area contributed by atoms with Gasteiger partial charge in [-0.15, -0.1) is 11.6 Å². The van der Waals surface area contributed by atoms with E-state index in [0.29, 0.717) is 11.4 Å². The number of nitrogens with zero attached hydrogens (tertiary/aromatic N) is 1. The Hall–Kier alpha value is -0.280. The minimum Gasteiger partial charge on any atom is -0.366 e. The van der Waals surface area contributed by atoms with E-state index in [1.54, 1.807) is 6.20 Å². The second-order valence-corrected chi connectivity index (χ2v) is 5.40. The van der Waals surface area contributed by atoms with E-state index < -0.39 is 0 Å². The summed E-state index contributed by atoms with van der Waals surface area (Å²) in [4.78, 5) is 4.30. The highest BCUT2D eigenvalue weighted by Crippen LogP contribution is 2.27. The zero-order valence-corrected chi connectivity index (χ0v) is 10.8. The van der Waals surface area contributed by atoms with E-state index in [-0.39, 0.29) is 0 Å². The summed E-state index contributed by atoms with van der Waals surface area (Å²) < 4.78 is 1.03. The van der Waals surface area contributed by atoms with Gasteiger partial charge in [0, 0.05) is 17.6 Å². The topological polar surface area (TPSA) is 24.9 Å². The average molecular weight is 290 g/mol. The summed E-state index contributed by atoms with van der Waals surface area (Å²) in [5, 5.41) is 3.82. The van der Waals surface area contributed by atoms with E-state index in [4.69, 9.17) is 11.6 Å². The first kappa shape index (κ1) is 11.2. The predicted octanol–water partition coefficient (Wildman–Crippen LogP) is 3.81. The number of anilines is 1. The number of nitrogens with one attached hydrogen (secondary N) is 1. The first-order valence-corrected chi connectivity index (χ1v) is 6.50. The number of rotatable bonds is 2. The van der Waals surface area contributed by atoms with Gasteiger partial charge in [0.1, 0.15) is 5.82 Å². The Morgan fingerprint density at radius 2 is 2.07 bits per heavy atom. The van der Waals surface area contributed by atoms with E-state index in [9.17, 15) is 0 Å². The third-order valence-corrected chi connectivity index (χ3v) is 3.83. The summed E-state index contributed by atoms with van der Waals surface area (Å²) in [6.07, 6.45) is 6.28. The molecule has 0 aliphatic heterocycles. The molecule has 1 aliphatic carbocycles. The fourth-order valence-corrected chi connectivity index (χ4v) is 2.50. The Kier molecular flexibility index (Phi) is 3.87. The Bertz CT molecular complexity index is 324. The number of aromatic nitrogens is 1. The maximum absolute atomic E-state index is 6.06. The highest BCUT2D eigenvalue weighted by molar-refractivity contribution is 9.10. The molecule has 1 aromatic heterocycles. The van der Waals surface area contributed by atoms with E-state index in [2.05, 4.69) is 26.2 Å². The fraction of sp³-hybridized carbons (Fsp3) is 0.545. The van der Waals surface area contributed by atoms with Crippen molar-refractivity contribution in [2.45, 2.75) is 37.1 Å². The first-order chi connectivity index (χ1) is 7.25. The summed E-state index contributed by atoms with van der Waals surface area (Å²) in [5.74, 6) is 0.940. The van der Waals surface area contributed by atoms with Crippen molar-refractivity contribution in [2.24, 2.45) is 0 Å². The van der Waals surface area contributed by atoms with Crippen molar-refractivity contribution in [1.29, 1.82) is 0 Å². The van der Waals surface area contributed by atoms with Gasteiger partial charge in [-0.3, -0.25) is 0 Å². The molecule has 1 fully saturated rings. The van der Waals surface area contributed by atoms with Crippen molar-refractivity contribution in [3.8, 4) is 0 Å². The van der Waals surface area contributed by atoms with Gasteiger partial charge in [0.15, 0.2) is 0 Å². The molecule has 0 saturated heterocycles. The van der Waals surface area contributed by atoms with Crippen LogP contribution in [0.5, 0.6) is 0 Å². The smallest absolute Gasteiger partial charge is 0.140 e. The van der Waals surface area contributed by atoms with E-state index in [1.165, 1.54) is 0 Å². The van der Waals surface area contributed by atoms with Crippen LogP contribution in [0.15, 0.2) is 22.8 Å². The molecular weight excluding hydrogens is 275 g/mol. The lowest BCUT2D eigenvalue weighted by atomic mass is 9.95. The fourth-order valence-electron chi connectivity index (χ4n) is 1.88. The van der Waals surface area contributed by atoms with Crippen LogP contribution in [0, 0.1) is 0 Å². The summed E-state index contributed by atoms with van der Waals surface area (Å²) in [7, 11) is 0. The van der Waals surface area contributed by atoms with Gasteiger partial charge in [-0.2, -0.15) is 0 Å². The molecule has 4 heteroatoms. The number of halogens is 2. The lowest BCUT2D eigenvalue weighted by Gasteiger charge is -2.26. The lowest BCUT2D eigenvalue weighted by Crippen LogP contribution is -2.26. The van der Waals surface area contributed by atoms with Gasteiger partial charge in [-0.25, -0.2) is 4.98 Å². The van der Waals surface area contributed by atoms with E-state index in [0.717, 1.165) is 36.0 Å². The number of alkyl halides is 1. The second kappa shape index (κ2) is 5.17. The summed E-state index contributed by atoms with van der Waals surface area (Å²) >= 11 is 9.55. The van der Waals surface area contributed by atoms with Gasteiger partial charge < -0.3 is 5.32 Å². The molecule has 0 atom stereocenters. The molecule has 2 rings (SSSR count). The molecule has 0 aromatic carbocycles. The molecule has 82 valence electrons. The maximum atomic E-state index is 6.06. The summed E-state index contributed by atoms with van der Waals surface area (Å²) in [6, 6.07) is 4.44. The van der Waals surface area contributed by atoms with Gasteiger partial charge in [-0.1, -0.05) is 0 Å². The van der Waals surface area contributed by atoms with Crippen LogP contribution in [-0.4, -0.2) is 16.4 Å². The molecule has 1 heterocycles. The SMILES string of the molecule is ClC1CCC(Nc2ncccc2Br)CC1. The molecule has 0 radical (unpaired) electrons. The maximum Gasteiger partial charge on any atom is 0.140 e. The average Bonchev–Trinajstić information content (AvgIpc) is 2.25. The zero-order chi connectivity index (χ0) is 10.7. The van der Waals surface area contributed by atoms with Gasteiger partial charge in [-0.05, 0) is 53.7 Å². The summed E-state index contributed by atoms with van der Waals surface area (Å²) in [6.45, 7) is 0. The Labute approximate surface area is 104 Å². The van der Waals surface area contributed by atoms with Gasteiger partial charge >= 0.3 is 0 Å². The molecule has 1 aliphatic rings. The standard InChI is InChI=1S/C11H14BrClN2/c12-10-2-1-7-14-11(10)15-9-5-3-8(13)4-6-9/h1-2,7-9H,3-6H2,(H,14,15). The Morgan fingerprint density at radius 3 is 2.73 bits per heavy atom. The quantitative estimate of drug-likeness (QED) is 0.838. The van der Waals surface area contributed by atoms with Crippen molar-refractivity contribution in [3.05, 3.63) is 22.8 Å². The van der Waals surface area contributed by atoms with Crippen LogP contribution in [-0.2, 0) is 0 Å². The monoisotopic (exact) mass is 288 g/mol. The van der Waals surface area contributed by atoms with E-state index >= 15 is 0 Å². The van der Waals surface area contributed by atoms with Crippen LogP contribution >= 0.6 is 27.5 Å². The highest BCUT2D eigenvalue weighted by Gasteiger charge is 2.19. The third kappa shape index (κ3) is 3.08. The Morgan fingerprint density at radius 1 is 1.33 bits per heavy atom. The van der Waals surface area contributed by atoms with Gasteiger partial charge in [0.05, 0.1) is 4.47 Å². The molecule has 0 amide bonds. The summed E-state index contributed by atoms with van der Waals surface area (Å²) in [5.41, 5.74) is 0. The van der Waals surface area contributed by atoms with Crippen LogP contribution in [0.1, 0.15) is 25.7 Å². The molecule has 1 saturated carbocycles. The molecule has 0 spiro atoms. The van der Waals surface area contributed by atoms with Gasteiger partial charge in [0.25, 0.3) is 0 Å². The normalized spacial score (nSPS) is 26.3. The zero-order valence-electron chi connectivity index (χ0n) is 8.42. The molecule has 15 heavy (non-hydrogen) atoms. The predicted molar refractivity (Wildman–Crippen MR) is 67.5 cm³/mol. The van der Waals surface area contributed by atoms with Crippen LogP contribution in [0.25, 0.3) is 0 Å². The third-order valence-electron chi connectivity index (χ3n) is 2.76. The molecule has 1 N–H and O–H groups in total. The van der Waals surface area contributed by atoms with Gasteiger partial charge in [0.2, 0.25) is 0 Å². The Balaban J connectivity index is 1.95. The number of hydrogen-bond donors (Lipinski definition) is 1. The van der Waals surface area contributed by atoms with Crippen molar-refractivity contribution < 1.29 is 0 Å². The van der Waals surface area contributed by atoms with Crippen LogP contribution in [0.4, 0.5) is 5.82 Å². The highest BCUT2D eigenvalue weighted by atomic mass is 79.9. The van der Waals surface area contributed by atoms with Crippen molar-refractivity contribution >= 4 is 33.3 Å². The van der Waals surface area contributed by atoms with Crippen LogP contribution < -0.4 is 5.32 Å². The molecule has 1 aromatic rings. The molecule has 0 bridgehead atoms. The van der Waals surface area contributed by atoms with Crippen LogP contribution in [0.3, 0.4) is 0 Å². The lowest BCUT2D eigenvalue weighted by molar-refractivity contribution is 0.467. The minimum atomic E-state index is 0.371. The van der Waals surface area contributed by atoms with E-state index in [1.807, 2.05) is 12.1 Å². The molecule has 2 nitrogen and oxygen atoms in total. The minimum absolute atomic E-state index is 0.371. The number of pyridine rings is 1. The van der Waals surface area contributed by atoms with Crippen molar-refractivity contribution in [3.63, 3.8) is 0 Å². The van der Waals surface area contributed by atoms with Crippen molar-refractivity contribution in [1.82, 2.24) is 4.98 Å². The molecule has 0 unspecified atom stereocenters. The number of hydrogen-bond acceptors (Lipinski definition) is 2. The van der Waals surface area contributed by atoms with Crippen molar-refractivity contribution in [2.75, 3.05) is 5.32 Å². The largest absolute Gasteiger partial charge is 0.366 e. The second-order valence-electron chi connectivity index (χ2n) is 3.93.